The van der Waals surface area contributed by atoms with Gasteiger partial charge in [-0.2, -0.15) is 5.48 Å². The van der Waals surface area contributed by atoms with Gasteiger partial charge in [0.2, 0.25) is 5.89 Å². The van der Waals surface area contributed by atoms with E-state index in [1.807, 2.05) is 24.4 Å². The van der Waals surface area contributed by atoms with Crippen LogP contribution in [0.25, 0.3) is 10.8 Å². The van der Waals surface area contributed by atoms with E-state index in [-0.39, 0.29) is 0 Å². The van der Waals surface area contributed by atoms with Gasteiger partial charge in [-0.15, -0.1) is 11.3 Å². The maximum Gasteiger partial charge on any atom is 0.236 e. The van der Waals surface area contributed by atoms with Gasteiger partial charge in [0.25, 0.3) is 0 Å². The highest BCUT2D eigenvalue weighted by Crippen LogP contribution is 2.25. The molecule has 0 bridgehead atoms. The zero-order valence-corrected chi connectivity index (χ0v) is 8.47. The van der Waals surface area contributed by atoms with Crippen LogP contribution in [0, 0.1) is 6.92 Å². The van der Waals surface area contributed by atoms with Crippen LogP contribution in [0.1, 0.15) is 11.5 Å². The van der Waals surface area contributed by atoms with Crippen molar-refractivity contribution < 1.29 is 9.62 Å². The fourth-order valence-electron chi connectivity index (χ4n) is 1.17. The molecule has 2 rings (SSSR count). The quantitative estimate of drug-likeness (QED) is 0.762. The maximum atomic E-state index is 8.55. The largest absolute Gasteiger partial charge is 0.440 e. The van der Waals surface area contributed by atoms with Gasteiger partial charge in [-0.3, -0.25) is 0 Å². The van der Waals surface area contributed by atoms with Gasteiger partial charge in [0.15, 0.2) is 0 Å². The van der Waals surface area contributed by atoms with Gasteiger partial charge >= 0.3 is 0 Å². The third kappa shape index (κ3) is 1.70. The van der Waals surface area contributed by atoms with Crippen LogP contribution in [0.2, 0.25) is 0 Å². The van der Waals surface area contributed by atoms with Crippen molar-refractivity contribution in [3.8, 4) is 10.8 Å². The first-order valence-corrected chi connectivity index (χ1v) is 5.06. The Bertz CT molecular complexity index is 408. The SMILES string of the molecule is Cc1oc(-c2cccs2)nc1CNO. The Hall–Kier alpha value is -1.17. The molecular weight excluding hydrogens is 200 g/mol. The van der Waals surface area contributed by atoms with Crippen molar-refractivity contribution in [2.45, 2.75) is 13.5 Å². The second-order valence-electron chi connectivity index (χ2n) is 2.83. The molecule has 4 nitrogen and oxygen atoms in total. The first-order chi connectivity index (χ1) is 6.81. The first-order valence-electron chi connectivity index (χ1n) is 4.18. The summed E-state index contributed by atoms with van der Waals surface area (Å²) in [6.07, 6.45) is 0. The van der Waals surface area contributed by atoms with E-state index in [0.29, 0.717) is 12.4 Å². The zero-order chi connectivity index (χ0) is 9.97. The lowest BCUT2D eigenvalue weighted by Gasteiger charge is -1.90. The number of nitrogens with zero attached hydrogens (tertiary/aromatic N) is 1. The van der Waals surface area contributed by atoms with Crippen LogP contribution in [-0.2, 0) is 6.54 Å². The van der Waals surface area contributed by atoms with E-state index in [9.17, 15) is 0 Å². The smallest absolute Gasteiger partial charge is 0.236 e. The number of hydrogen-bond acceptors (Lipinski definition) is 5. The fraction of sp³-hybridized carbons (Fsp3) is 0.222. The molecule has 0 radical (unpaired) electrons. The van der Waals surface area contributed by atoms with Crippen LogP contribution in [0.3, 0.4) is 0 Å². The standard InChI is InChI=1S/C9H10N2O2S/c1-6-7(5-10-12)11-9(13-6)8-3-2-4-14-8/h2-4,10,12H,5H2,1H3. The second kappa shape index (κ2) is 3.91. The molecule has 74 valence electrons. The van der Waals surface area contributed by atoms with Crippen LogP contribution in [0.4, 0.5) is 0 Å². The average molecular weight is 210 g/mol. The molecule has 14 heavy (non-hydrogen) atoms. The van der Waals surface area contributed by atoms with Crippen molar-refractivity contribution in [3.63, 3.8) is 0 Å². The van der Waals surface area contributed by atoms with Crippen molar-refractivity contribution in [2.24, 2.45) is 0 Å². The normalized spacial score (nSPS) is 10.7. The Labute approximate surface area is 85.2 Å². The van der Waals surface area contributed by atoms with Crippen molar-refractivity contribution in [1.82, 2.24) is 10.5 Å². The predicted molar refractivity (Wildman–Crippen MR) is 53.2 cm³/mol. The van der Waals surface area contributed by atoms with Crippen LogP contribution in [0.15, 0.2) is 21.9 Å². The highest BCUT2D eigenvalue weighted by molar-refractivity contribution is 7.13. The highest BCUT2D eigenvalue weighted by atomic mass is 32.1. The topological polar surface area (TPSA) is 58.3 Å². The molecule has 0 saturated carbocycles. The summed E-state index contributed by atoms with van der Waals surface area (Å²) >= 11 is 1.58. The van der Waals surface area contributed by atoms with Crippen LogP contribution in [0.5, 0.6) is 0 Å². The summed E-state index contributed by atoms with van der Waals surface area (Å²) in [4.78, 5) is 5.26. The van der Waals surface area contributed by atoms with Gasteiger partial charge in [0.05, 0.1) is 17.1 Å². The summed E-state index contributed by atoms with van der Waals surface area (Å²) < 4.78 is 5.46. The summed E-state index contributed by atoms with van der Waals surface area (Å²) in [7, 11) is 0. The molecule has 0 aromatic carbocycles. The third-order valence-electron chi connectivity index (χ3n) is 1.87. The van der Waals surface area contributed by atoms with Gasteiger partial charge in [-0.05, 0) is 18.4 Å². The Kier molecular flexibility index (Phi) is 2.62. The second-order valence-corrected chi connectivity index (χ2v) is 3.78. The summed E-state index contributed by atoms with van der Waals surface area (Å²) in [6.45, 7) is 2.14. The molecule has 2 heterocycles. The molecule has 0 aliphatic carbocycles. The fourth-order valence-corrected chi connectivity index (χ4v) is 1.82. The summed E-state index contributed by atoms with van der Waals surface area (Å²) in [6, 6.07) is 3.90. The van der Waals surface area contributed by atoms with E-state index in [4.69, 9.17) is 9.62 Å². The van der Waals surface area contributed by atoms with Gasteiger partial charge in [-0.1, -0.05) is 6.07 Å². The van der Waals surface area contributed by atoms with Crippen LogP contribution >= 0.6 is 11.3 Å². The molecule has 0 amide bonds. The van der Waals surface area contributed by atoms with Crippen LogP contribution < -0.4 is 5.48 Å². The van der Waals surface area contributed by atoms with E-state index in [1.54, 1.807) is 11.3 Å². The molecule has 0 fully saturated rings. The van der Waals surface area contributed by atoms with Crippen molar-refractivity contribution in [1.29, 1.82) is 0 Å². The van der Waals surface area contributed by atoms with Gasteiger partial charge in [0, 0.05) is 0 Å². The summed E-state index contributed by atoms with van der Waals surface area (Å²) in [5.41, 5.74) is 2.80. The van der Waals surface area contributed by atoms with Gasteiger partial charge in [0.1, 0.15) is 5.76 Å². The molecule has 5 heteroatoms. The zero-order valence-electron chi connectivity index (χ0n) is 7.65. The average Bonchev–Trinajstić information content (AvgIpc) is 2.76. The minimum atomic E-state index is 0.306. The molecule has 0 spiro atoms. The van der Waals surface area contributed by atoms with Crippen LogP contribution in [-0.4, -0.2) is 10.2 Å². The number of nitrogens with one attached hydrogen (secondary N) is 1. The summed E-state index contributed by atoms with van der Waals surface area (Å²) in [5, 5.41) is 10.5. The highest BCUT2D eigenvalue weighted by Gasteiger charge is 2.10. The Morgan fingerprint density at radius 1 is 1.64 bits per heavy atom. The molecule has 2 N–H and O–H groups in total. The molecule has 2 aromatic rings. The van der Waals surface area contributed by atoms with Gasteiger partial charge < -0.3 is 9.62 Å². The number of aromatic nitrogens is 1. The maximum absolute atomic E-state index is 8.55. The number of hydrogen-bond donors (Lipinski definition) is 2. The lowest BCUT2D eigenvalue weighted by molar-refractivity contribution is 0.159. The Morgan fingerprint density at radius 2 is 2.50 bits per heavy atom. The minimum absolute atomic E-state index is 0.306. The third-order valence-corrected chi connectivity index (χ3v) is 2.73. The number of rotatable bonds is 3. The molecule has 0 saturated heterocycles. The van der Waals surface area contributed by atoms with E-state index in [0.717, 1.165) is 16.3 Å². The minimum Gasteiger partial charge on any atom is -0.440 e. The molecule has 2 aromatic heterocycles. The Morgan fingerprint density at radius 3 is 3.14 bits per heavy atom. The van der Waals surface area contributed by atoms with Crippen molar-refractivity contribution in [3.05, 3.63) is 29.0 Å². The number of oxazole rings is 1. The lowest BCUT2D eigenvalue weighted by Crippen LogP contribution is -2.07. The summed E-state index contributed by atoms with van der Waals surface area (Å²) in [5.74, 6) is 1.35. The molecule has 0 unspecified atom stereocenters. The Balaban J connectivity index is 2.33. The predicted octanol–water partition coefficient (Wildman–Crippen LogP) is 2.19. The number of aryl methyl sites for hydroxylation is 1. The number of thiophene rings is 1. The van der Waals surface area contributed by atoms with Gasteiger partial charge in [-0.25, -0.2) is 4.98 Å². The van der Waals surface area contributed by atoms with E-state index < -0.39 is 0 Å². The van der Waals surface area contributed by atoms with E-state index in [1.165, 1.54) is 0 Å². The number of hydroxylamine groups is 1. The molecular formula is C9H10N2O2S. The molecule has 0 atom stereocenters. The first kappa shape index (κ1) is 9.39. The van der Waals surface area contributed by atoms with Crippen molar-refractivity contribution in [2.75, 3.05) is 0 Å². The monoisotopic (exact) mass is 210 g/mol. The molecule has 0 aliphatic rings. The van der Waals surface area contributed by atoms with Crippen molar-refractivity contribution >= 4 is 11.3 Å². The van der Waals surface area contributed by atoms with E-state index >= 15 is 0 Å². The molecule has 0 aliphatic heterocycles. The lowest BCUT2D eigenvalue weighted by atomic mass is 10.4. The van der Waals surface area contributed by atoms with E-state index in [2.05, 4.69) is 10.5 Å².